The van der Waals surface area contributed by atoms with Gasteiger partial charge in [-0.2, -0.15) is 0 Å². The average molecular weight is 445 g/mol. The van der Waals surface area contributed by atoms with Crippen LogP contribution in [0.3, 0.4) is 0 Å². The molecule has 0 aliphatic rings. The summed E-state index contributed by atoms with van der Waals surface area (Å²) in [6.07, 6.45) is 5.12. The van der Waals surface area contributed by atoms with Gasteiger partial charge in [0.1, 0.15) is 5.82 Å². The van der Waals surface area contributed by atoms with Gasteiger partial charge >= 0.3 is 6.03 Å². The molecule has 0 aromatic heterocycles. The number of hydrogen-bond donors (Lipinski definition) is 2. The predicted octanol–water partition coefficient (Wildman–Crippen LogP) is 5.25. The molecule has 9 heteroatoms. The van der Waals surface area contributed by atoms with Crippen molar-refractivity contribution in [1.82, 2.24) is 5.32 Å². The lowest BCUT2D eigenvalue weighted by Gasteiger charge is -2.23. The summed E-state index contributed by atoms with van der Waals surface area (Å²) in [5.74, 6) is -0.426. The first-order chi connectivity index (χ1) is 15.4. The van der Waals surface area contributed by atoms with E-state index in [1.54, 1.807) is 0 Å². The number of carbonyl (C=O) groups excluding carboxylic acids is 2. The number of nitrogens with one attached hydrogen (secondary N) is 2. The minimum atomic E-state index is -0.519. The third-order valence-corrected chi connectivity index (χ3v) is 4.85. The molecular formula is C23H29FN4O4. The van der Waals surface area contributed by atoms with E-state index in [4.69, 9.17) is 0 Å². The molecule has 0 saturated carbocycles. The molecule has 3 amide bonds. The van der Waals surface area contributed by atoms with Crippen molar-refractivity contribution in [2.45, 2.75) is 45.4 Å². The van der Waals surface area contributed by atoms with Gasteiger partial charge in [-0.05, 0) is 49.2 Å². The molecule has 0 unspecified atom stereocenters. The number of anilines is 2. The molecule has 0 aliphatic heterocycles. The number of rotatable bonds is 12. The first-order valence-corrected chi connectivity index (χ1v) is 10.8. The minimum absolute atomic E-state index is 0.00948. The summed E-state index contributed by atoms with van der Waals surface area (Å²) in [4.78, 5) is 36.5. The number of urea groups is 1. The quantitative estimate of drug-likeness (QED) is 0.265. The number of amides is 3. The van der Waals surface area contributed by atoms with Crippen molar-refractivity contribution in [3.8, 4) is 0 Å². The van der Waals surface area contributed by atoms with E-state index in [1.807, 2.05) is 0 Å². The lowest BCUT2D eigenvalue weighted by Crippen LogP contribution is -2.37. The smallest absolute Gasteiger partial charge is 0.326 e. The van der Waals surface area contributed by atoms with Crippen LogP contribution >= 0.6 is 0 Å². The van der Waals surface area contributed by atoms with Crippen LogP contribution in [0.5, 0.6) is 0 Å². The van der Waals surface area contributed by atoms with Gasteiger partial charge < -0.3 is 10.6 Å². The van der Waals surface area contributed by atoms with E-state index in [2.05, 4.69) is 17.6 Å². The van der Waals surface area contributed by atoms with Crippen molar-refractivity contribution in [2.75, 3.05) is 23.3 Å². The molecule has 2 aromatic rings. The molecule has 0 spiro atoms. The fourth-order valence-corrected chi connectivity index (χ4v) is 3.09. The van der Waals surface area contributed by atoms with Gasteiger partial charge in [-0.1, -0.05) is 26.2 Å². The molecule has 2 N–H and O–H groups in total. The molecule has 0 saturated heterocycles. The number of non-ortho nitro benzene ring substituents is 1. The summed E-state index contributed by atoms with van der Waals surface area (Å²) in [5, 5.41) is 16.3. The number of nitro groups is 1. The summed E-state index contributed by atoms with van der Waals surface area (Å²) in [5.41, 5.74) is 0.814. The molecule has 2 rings (SSSR count). The van der Waals surface area contributed by atoms with Crippen LogP contribution in [0.15, 0.2) is 48.5 Å². The van der Waals surface area contributed by atoms with Crippen molar-refractivity contribution in [1.29, 1.82) is 0 Å². The number of unbranched alkanes of at least 4 members (excludes halogenated alkanes) is 3. The summed E-state index contributed by atoms with van der Waals surface area (Å²) < 4.78 is 13.3. The zero-order valence-corrected chi connectivity index (χ0v) is 18.2. The highest BCUT2D eigenvalue weighted by atomic mass is 19.1. The molecule has 0 aliphatic carbocycles. The van der Waals surface area contributed by atoms with Crippen LogP contribution in [0.25, 0.3) is 0 Å². The Morgan fingerprint density at radius 2 is 1.69 bits per heavy atom. The lowest BCUT2D eigenvalue weighted by molar-refractivity contribution is -0.384. The maximum absolute atomic E-state index is 13.3. The molecule has 172 valence electrons. The summed E-state index contributed by atoms with van der Waals surface area (Å²) >= 11 is 0. The van der Waals surface area contributed by atoms with Gasteiger partial charge in [0.05, 0.1) is 4.92 Å². The van der Waals surface area contributed by atoms with Crippen LogP contribution in [0.4, 0.5) is 26.2 Å². The van der Waals surface area contributed by atoms with Gasteiger partial charge in [-0.3, -0.25) is 19.8 Å². The third kappa shape index (κ3) is 8.33. The Morgan fingerprint density at radius 1 is 1.00 bits per heavy atom. The van der Waals surface area contributed by atoms with Crippen molar-refractivity contribution < 1.29 is 18.9 Å². The van der Waals surface area contributed by atoms with Crippen LogP contribution in [0.1, 0.15) is 45.4 Å². The van der Waals surface area contributed by atoms with Crippen molar-refractivity contribution in [2.24, 2.45) is 0 Å². The predicted molar refractivity (Wildman–Crippen MR) is 122 cm³/mol. The molecule has 8 nitrogen and oxygen atoms in total. The number of halogens is 1. The van der Waals surface area contributed by atoms with E-state index < -0.39 is 16.8 Å². The lowest BCUT2D eigenvalue weighted by atomic mass is 10.1. The fraction of sp³-hybridized carbons (Fsp3) is 0.391. The molecule has 0 radical (unpaired) electrons. The first kappa shape index (κ1) is 24.8. The van der Waals surface area contributed by atoms with E-state index in [1.165, 1.54) is 53.4 Å². The highest BCUT2D eigenvalue weighted by molar-refractivity contribution is 6.01. The molecule has 32 heavy (non-hydrogen) atoms. The topological polar surface area (TPSA) is 105 Å². The van der Waals surface area contributed by atoms with E-state index in [0.29, 0.717) is 37.3 Å². The summed E-state index contributed by atoms with van der Waals surface area (Å²) in [6, 6.07) is 10.5. The molecule has 0 heterocycles. The minimum Gasteiger partial charge on any atom is -0.356 e. The molecular weight excluding hydrogens is 415 g/mol. The summed E-state index contributed by atoms with van der Waals surface area (Å²) in [7, 11) is 0. The molecule has 0 fully saturated rings. The Kier molecular flexibility index (Phi) is 10.1. The second kappa shape index (κ2) is 13.0. The van der Waals surface area contributed by atoms with Crippen LogP contribution in [0.2, 0.25) is 0 Å². The first-order valence-electron chi connectivity index (χ1n) is 10.8. The molecule has 0 atom stereocenters. The normalized spacial score (nSPS) is 10.4. The van der Waals surface area contributed by atoms with Gasteiger partial charge in [0.25, 0.3) is 5.69 Å². The zero-order chi connectivity index (χ0) is 23.3. The molecule has 0 bridgehead atoms. The fourth-order valence-electron chi connectivity index (χ4n) is 3.09. The number of nitro benzene ring substituents is 1. The second-order valence-corrected chi connectivity index (χ2v) is 7.38. The Hall–Kier alpha value is -3.49. The van der Waals surface area contributed by atoms with Crippen molar-refractivity contribution >= 4 is 29.0 Å². The summed E-state index contributed by atoms with van der Waals surface area (Å²) in [6.45, 7) is 2.82. The van der Waals surface area contributed by atoms with Gasteiger partial charge in [-0.25, -0.2) is 9.18 Å². The maximum Gasteiger partial charge on any atom is 0.326 e. The highest BCUT2D eigenvalue weighted by Gasteiger charge is 2.16. The van der Waals surface area contributed by atoms with E-state index in [0.717, 1.165) is 25.7 Å². The Labute approximate surface area is 187 Å². The van der Waals surface area contributed by atoms with E-state index >= 15 is 0 Å². The van der Waals surface area contributed by atoms with Crippen LogP contribution in [-0.2, 0) is 4.79 Å². The van der Waals surface area contributed by atoms with Crippen molar-refractivity contribution in [3.05, 3.63) is 64.5 Å². The number of carbonyl (C=O) groups is 2. The number of benzene rings is 2. The van der Waals surface area contributed by atoms with Gasteiger partial charge in [-0.15, -0.1) is 0 Å². The number of hydrogen-bond acceptors (Lipinski definition) is 4. The largest absolute Gasteiger partial charge is 0.356 e. The third-order valence-electron chi connectivity index (χ3n) is 4.85. The van der Waals surface area contributed by atoms with Crippen LogP contribution < -0.4 is 15.5 Å². The average Bonchev–Trinajstić information content (AvgIpc) is 2.78. The van der Waals surface area contributed by atoms with E-state index in [9.17, 15) is 24.1 Å². The standard InChI is InChI=1S/C23H29FN4O4/c1-2-3-4-5-7-22(29)25-16-6-17-27(20-12-8-18(24)9-13-20)23(30)26-19-10-14-21(15-11-19)28(31)32/h8-15H,2-7,16-17H2,1H3,(H,25,29)(H,26,30). The van der Waals surface area contributed by atoms with Gasteiger partial charge in [0.2, 0.25) is 5.91 Å². The Morgan fingerprint density at radius 3 is 2.31 bits per heavy atom. The Bertz CT molecular complexity index is 888. The zero-order valence-electron chi connectivity index (χ0n) is 18.2. The van der Waals surface area contributed by atoms with Crippen LogP contribution in [-0.4, -0.2) is 30.0 Å². The maximum atomic E-state index is 13.3. The van der Waals surface area contributed by atoms with Crippen molar-refractivity contribution in [3.63, 3.8) is 0 Å². The number of nitrogens with zero attached hydrogens (tertiary/aromatic N) is 2. The Balaban J connectivity index is 1.94. The van der Waals surface area contributed by atoms with E-state index in [-0.39, 0.29) is 11.6 Å². The highest BCUT2D eigenvalue weighted by Crippen LogP contribution is 2.19. The van der Waals surface area contributed by atoms with Gasteiger partial charge in [0.15, 0.2) is 0 Å². The monoisotopic (exact) mass is 444 g/mol. The van der Waals surface area contributed by atoms with Crippen LogP contribution in [0, 0.1) is 15.9 Å². The SMILES string of the molecule is CCCCCCC(=O)NCCCN(C(=O)Nc1ccc([N+](=O)[O-])cc1)c1ccc(F)cc1. The second-order valence-electron chi connectivity index (χ2n) is 7.38. The van der Waals surface area contributed by atoms with Gasteiger partial charge in [0, 0.05) is 43.0 Å². The molecule has 2 aromatic carbocycles.